The topological polar surface area (TPSA) is 9.23 Å². The Bertz CT molecular complexity index is 2640. The summed E-state index contributed by atoms with van der Waals surface area (Å²) >= 11 is 0. The highest BCUT2D eigenvalue weighted by Crippen LogP contribution is 2.53. The summed E-state index contributed by atoms with van der Waals surface area (Å²) in [5.74, 6) is 1.83. The lowest BCUT2D eigenvalue weighted by Crippen LogP contribution is -2.00. The second-order valence-corrected chi connectivity index (χ2v) is 12.4. The predicted octanol–water partition coefficient (Wildman–Crippen LogP) is 13.1. The quantitative estimate of drug-likeness (QED) is 0.184. The predicted molar refractivity (Wildman–Crippen MR) is 198 cm³/mol. The molecule has 1 heteroatoms. The summed E-state index contributed by atoms with van der Waals surface area (Å²) in [4.78, 5) is 0. The first-order valence-corrected chi connectivity index (χ1v) is 16.2. The van der Waals surface area contributed by atoms with Crippen LogP contribution in [0.15, 0.2) is 170 Å². The van der Waals surface area contributed by atoms with E-state index in [4.69, 9.17) is 4.74 Å². The SMILES string of the molecule is c1ccc(-c2cccc3c(-c4c5ccccc5c(-c5cccc6c5Oc5cccc7cccc-6c57)c5ccccc45)cccc23)cc1. The number of benzene rings is 9. The van der Waals surface area contributed by atoms with Gasteiger partial charge in [0.05, 0.1) is 0 Å². The van der Waals surface area contributed by atoms with Gasteiger partial charge >= 0.3 is 0 Å². The molecule has 1 aliphatic rings. The van der Waals surface area contributed by atoms with Gasteiger partial charge in [-0.2, -0.15) is 0 Å². The Morgan fingerprint density at radius 2 is 0.766 bits per heavy atom. The van der Waals surface area contributed by atoms with E-state index in [1.54, 1.807) is 0 Å². The molecule has 0 aromatic heterocycles. The molecule has 0 saturated carbocycles. The van der Waals surface area contributed by atoms with Crippen molar-refractivity contribution < 1.29 is 4.74 Å². The molecule has 0 radical (unpaired) electrons. The van der Waals surface area contributed by atoms with Gasteiger partial charge in [0.15, 0.2) is 0 Å². The van der Waals surface area contributed by atoms with Crippen molar-refractivity contribution in [2.45, 2.75) is 0 Å². The van der Waals surface area contributed by atoms with Crippen LogP contribution in [-0.4, -0.2) is 0 Å². The smallest absolute Gasteiger partial charge is 0.143 e. The molecule has 0 saturated heterocycles. The summed E-state index contributed by atoms with van der Waals surface area (Å²) in [6.07, 6.45) is 0. The van der Waals surface area contributed by atoms with Gasteiger partial charge in [-0.3, -0.25) is 0 Å². The highest BCUT2D eigenvalue weighted by Gasteiger charge is 2.26. The number of rotatable bonds is 3. The molecule has 218 valence electrons. The van der Waals surface area contributed by atoms with E-state index in [-0.39, 0.29) is 0 Å². The van der Waals surface area contributed by atoms with E-state index in [1.807, 2.05) is 0 Å². The molecule has 1 aliphatic heterocycles. The third kappa shape index (κ3) is 3.84. The maximum atomic E-state index is 6.86. The monoisotopic (exact) mass is 596 g/mol. The summed E-state index contributed by atoms with van der Waals surface area (Å²) in [5, 5.41) is 9.77. The summed E-state index contributed by atoms with van der Waals surface area (Å²) in [6, 6.07) is 61.4. The Morgan fingerprint density at radius 3 is 1.47 bits per heavy atom. The molecule has 47 heavy (non-hydrogen) atoms. The molecule has 0 bridgehead atoms. The average molecular weight is 597 g/mol. The standard InChI is InChI=1S/C46H28O/c1-2-13-29(14-3-1)31-21-10-23-33-32(31)22-11-25-34(33)44-35-17-4-6-19-37(35)45(38-20-7-5-18-36(38)44)41-27-12-26-40-39-24-8-15-30-16-9-28-42(43(30)39)47-46(40)41/h1-28H. The van der Waals surface area contributed by atoms with Crippen LogP contribution >= 0.6 is 0 Å². The van der Waals surface area contributed by atoms with E-state index < -0.39 is 0 Å². The number of fused-ring (bicyclic) bond motifs is 5. The minimum absolute atomic E-state index is 0.910. The van der Waals surface area contributed by atoms with Gasteiger partial charge in [0, 0.05) is 22.1 Å². The van der Waals surface area contributed by atoms with E-state index in [0.29, 0.717) is 0 Å². The third-order valence-corrected chi connectivity index (χ3v) is 9.86. The first-order chi connectivity index (χ1) is 23.3. The summed E-state index contributed by atoms with van der Waals surface area (Å²) in [5.41, 5.74) is 9.64. The molecule has 9 aromatic carbocycles. The Morgan fingerprint density at radius 1 is 0.298 bits per heavy atom. The van der Waals surface area contributed by atoms with Crippen LogP contribution in [0.2, 0.25) is 0 Å². The zero-order valence-corrected chi connectivity index (χ0v) is 25.6. The van der Waals surface area contributed by atoms with Gasteiger partial charge in [-0.05, 0) is 71.6 Å². The fourth-order valence-corrected chi connectivity index (χ4v) is 7.89. The summed E-state index contributed by atoms with van der Waals surface area (Å²) in [6.45, 7) is 0. The van der Waals surface area contributed by atoms with Crippen LogP contribution in [0.5, 0.6) is 11.5 Å². The molecule has 1 nitrogen and oxygen atoms in total. The van der Waals surface area contributed by atoms with Gasteiger partial charge in [0.2, 0.25) is 0 Å². The Kier molecular flexibility index (Phi) is 5.64. The van der Waals surface area contributed by atoms with Crippen molar-refractivity contribution in [1.82, 2.24) is 0 Å². The van der Waals surface area contributed by atoms with E-state index in [2.05, 4.69) is 170 Å². The molecule has 9 aromatic rings. The van der Waals surface area contributed by atoms with E-state index >= 15 is 0 Å². The maximum absolute atomic E-state index is 6.86. The fraction of sp³-hybridized carbons (Fsp3) is 0. The minimum Gasteiger partial charge on any atom is -0.455 e. The lowest BCUT2D eigenvalue weighted by atomic mass is 9.83. The molecule has 0 fully saturated rings. The number of ether oxygens (including phenoxy) is 1. The third-order valence-electron chi connectivity index (χ3n) is 9.86. The van der Waals surface area contributed by atoms with Crippen LogP contribution in [0.25, 0.3) is 87.6 Å². The van der Waals surface area contributed by atoms with Gasteiger partial charge in [-0.1, -0.05) is 164 Å². The fourth-order valence-electron chi connectivity index (χ4n) is 7.89. The first-order valence-electron chi connectivity index (χ1n) is 16.2. The lowest BCUT2D eigenvalue weighted by molar-refractivity contribution is 0.489. The Hall–Kier alpha value is -6.18. The van der Waals surface area contributed by atoms with Crippen molar-refractivity contribution in [1.29, 1.82) is 0 Å². The average Bonchev–Trinajstić information content (AvgIpc) is 3.14. The largest absolute Gasteiger partial charge is 0.455 e. The molecule has 0 atom stereocenters. The van der Waals surface area contributed by atoms with Gasteiger partial charge in [0.25, 0.3) is 0 Å². The van der Waals surface area contributed by atoms with Crippen molar-refractivity contribution in [3.63, 3.8) is 0 Å². The normalized spacial score (nSPS) is 12.0. The van der Waals surface area contributed by atoms with Crippen LogP contribution in [0.4, 0.5) is 0 Å². The summed E-state index contributed by atoms with van der Waals surface area (Å²) in [7, 11) is 0. The highest BCUT2D eigenvalue weighted by atomic mass is 16.5. The van der Waals surface area contributed by atoms with Crippen LogP contribution in [-0.2, 0) is 0 Å². The Balaban J connectivity index is 1.29. The number of hydrogen-bond donors (Lipinski definition) is 0. The van der Waals surface area contributed by atoms with Crippen LogP contribution in [0.3, 0.4) is 0 Å². The van der Waals surface area contributed by atoms with Crippen molar-refractivity contribution in [3.8, 4) is 56.0 Å². The van der Waals surface area contributed by atoms with Crippen LogP contribution in [0.1, 0.15) is 0 Å². The van der Waals surface area contributed by atoms with Crippen molar-refractivity contribution in [2.24, 2.45) is 0 Å². The number of hydrogen-bond acceptors (Lipinski definition) is 1. The minimum atomic E-state index is 0.910. The Labute approximate surface area is 272 Å². The van der Waals surface area contributed by atoms with Gasteiger partial charge in [-0.25, -0.2) is 0 Å². The molecule has 0 aliphatic carbocycles. The zero-order chi connectivity index (χ0) is 30.9. The molecule has 1 heterocycles. The van der Waals surface area contributed by atoms with Gasteiger partial charge in [-0.15, -0.1) is 0 Å². The number of para-hydroxylation sites is 1. The molecule has 0 unspecified atom stereocenters. The molecule has 0 spiro atoms. The van der Waals surface area contributed by atoms with Crippen molar-refractivity contribution in [2.75, 3.05) is 0 Å². The summed E-state index contributed by atoms with van der Waals surface area (Å²) < 4.78 is 6.86. The van der Waals surface area contributed by atoms with E-state index in [9.17, 15) is 0 Å². The zero-order valence-electron chi connectivity index (χ0n) is 25.6. The first kappa shape index (κ1) is 26.1. The van der Waals surface area contributed by atoms with E-state index in [0.717, 1.165) is 22.6 Å². The maximum Gasteiger partial charge on any atom is 0.143 e. The van der Waals surface area contributed by atoms with Crippen molar-refractivity contribution >= 4 is 43.1 Å². The van der Waals surface area contributed by atoms with Gasteiger partial charge < -0.3 is 4.74 Å². The molecular formula is C46H28O. The van der Waals surface area contributed by atoms with Gasteiger partial charge in [0.1, 0.15) is 11.5 Å². The molecule has 0 N–H and O–H groups in total. The highest BCUT2D eigenvalue weighted by molar-refractivity contribution is 6.24. The molecule has 0 amide bonds. The van der Waals surface area contributed by atoms with E-state index in [1.165, 1.54) is 76.5 Å². The van der Waals surface area contributed by atoms with Crippen LogP contribution in [0, 0.1) is 0 Å². The second kappa shape index (κ2) is 10.2. The molecular weight excluding hydrogens is 569 g/mol. The second-order valence-electron chi connectivity index (χ2n) is 12.4. The molecule has 10 rings (SSSR count). The van der Waals surface area contributed by atoms with Crippen molar-refractivity contribution in [3.05, 3.63) is 170 Å². The lowest BCUT2D eigenvalue weighted by Gasteiger charge is -2.25. The van der Waals surface area contributed by atoms with Crippen LogP contribution < -0.4 is 4.74 Å².